The summed E-state index contributed by atoms with van der Waals surface area (Å²) in [5.74, 6) is 1.82. The number of nitrogens with zero attached hydrogens (tertiary/aromatic N) is 5. The number of hydrogen-bond donors (Lipinski definition) is 0. The molecular formula is C19H31N5O2. The first-order chi connectivity index (χ1) is 12.5. The molecule has 3 rings (SSSR count). The van der Waals surface area contributed by atoms with E-state index in [1.165, 1.54) is 18.4 Å². The summed E-state index contributed by atoms with van der Waals surface area (Å²) in [5, 5.41) is 0. The van der Waals surface area contributed by atoms with Gasteiger partial charge in [-0.15, -0.1) is 0 Å². The van der Waals surface area contributed by atoms with Crippen LogP contribution >= 0.6 is 0 Å². The molecule has 1 amide bonds. The zero-order chi connectivity index (χ0) is 18.7. The smallest absolute Gasteiger partial charge is 0.227 e. The zero-order valence-corrected chi connectivity index (χ0v) is 16.5. The number of rotatable bonds is 6. The predicted molar refractivity (Wildman–Crippen MR) is 103 cm³/mol. The molecule has 0 bridgehead atoms. The van der Waals surface area contributed by atoms with Gasteiger partial charge < -0.3 is 19.4 Å². The molecule has 1 fully saturated rings. The van der Waals surface area contributed by atoms with Crippen molar-refractivity contribution in [2.45, 2.75) is 51.7 Å². The minimum atomic E-state index is 0.104. The average molecular weight is 361 g/mol. The van der Waals surface area contributed by atoms with Crippen molar-refractivity contribution in [3.8, 4) is 0 Å². The fraction of sp³-hybridized carbons (Fsp3) is 0.737. The number of aromatic nitrogens is 2. The number of carbonyl (C=O) groups is 1. The Hall–Kier alpha value is -1.89. The SMILES string of the molecule is CC(=O)N1CCc2c(nc(N(C)C)nc2N(C)CCC[C@@H]2CCCO2)C1. The van der Waals surface area contributed by atoms with Crippen LogP contribution in [0.15, 0.2) is 0 Å². The molecule has 2 aliphatic rings. The minimum absolute atomic E-state index is 0.104. The Labute approximate surface area is 156 Å². The van der Waals surface area contributed by atoms with Crippen LogP contribution in [0.5, 0.6) is 0 Å². The molecule has 0 saturated carbocycles. The lowest BCUT2D eigenvalue weighted by Gasteiger charge is -2.31. The largest absolute Gasteiger partial charge is 0.378 e. The summed E-state index contributed by atoms with van der Waals surface area (Å²) in [5.41, 5.74) is 2.17. The van der Waals surface area contributed by atoms with Crippen molar-refractivity contribution < 1.29 is 9.53 Å². The van der Waals surface area contributed by atoms with E-state index in [0.29, 0.717) is 18.6 Å². The number of fused-ring (bicyclic) bond motifs is 1. The number of carbonyl (C=O) groups excluding carboxylic acids is 1. The van der Waals surface area contributed by atoms with Gasteiger partial charge >= 0.3 is 0 Å². The molecule has 1 saturated heterocycles. The highest BCUT2D eigenvalue weighted by Crippen LogP contribution is 2.28. The normalized spacial score (nSPS) is 19.4. The zero-order valence-electron chi connectivity index (χ0n) is 16.5. The molecule has 0 radical (unpaired) electrons. The van der Waals surface area contributed by atoms with Crippen molar-refractivity contribution in [2.24, 2.45) is 0 Å². The second-order valence-corrected chi connectivity index (χ2v) is 7.56. The number of amides is 1. The Balaban J connectivity index is 1.75. The molecule has 0 spiro atoms. The van der Waals surface area contributed by atoms with Gasteiger partial charge in [-0.1, -0.05) is 0 Å². The van der Waals surface area contributed by atoms with Crippen molar-refractivity contribution in [1.82, 2.24) is 14.9 Å². The van der Waals surface area contributed by atoms with Crippen molar-refractivity contribution in [3.05, 3.63) is 11.3 Å². The lowest BCUT2D eigenvalue weighted by Crippen LogP contribution is -2.36. The predicted octanol–water partition coefficient (Wildman–Crippen LogP) is 1.84. The van der Waals surface area contributed by atoms with Crippen LogP contribution in [0.2, 0.25) is 0 Å². The number of ether oxygens (including phenoxy) is 1. The van der Waals surface area contributed by atoms with Gasteiger partial charge in [-0.05, 0) is 32.1 Å². The van der Waals surface area contributed by atoms with E-state index in [1.54, 1.807) is 6.92 Å². The Morgan fingerprint density at radius 2 is 2.12 bits per heavy atom. The highest BCUT2D eigenvalue weighted by Gasteiger charge is 2.25. The molecule has 2 aliphatic heterocycles. The first-order valence-corrected chi connectivity index (χ1v) is 9.61. The monoisotopic (exact) mass is 361 g/mol. The molecule has 0 aromatic carbocycles. The standard InChI is InChI=1S/C19H31N5O2/c1-14(25)24-11-9-16-17(13-24)20-19(22(2)3)21-18(16)23(4)10-5-7-15-8-6-12-26-15/h15H,5-13H2,1-4H3/t15-/m1/s1. The molecule has 3 heterocycles. The van der Waals surface area contributed by atoms with Gasteiger partial charge in [0, 0.05) is 53.3 Å². The van der Waals surface area contributed by atoms with Crippen LogP contribution in [0.25, 0.3) is 0 Å². The Bertz CT molecular complexity index is 643. The van der Waals surface area contributed by atoms with Crippen molar-refractivity contribution >= 4 is 17.7 Å². The second kappa shape index (κ2) is 8.20. The van der Waals surface area contributed by atoms with E-state index >= 15 is 0 Å². The molecule has 0 aliphatic carbocycles. The van der Waals surface area contributed by atoms with Gasteiger partial charge in [0.15, 0.2) is 0 Å². The van der Waals surface area contributed by atoms with Crippen molar-refractivity contribution in [1.29, 1.82) is 0 Å². The summed E-state index contributed by atoms with van der Waals surface area (Å²) >= 11 is 0. The van der Waals surface area contributed by atoms with E-state index in [9.17, 15) is 4.79 Å². The van der Waals surface area contributed by atoms with Crippen LogP contribution in [-0.2, 0) is 22.5 Å². The van der Waals surface area contributed by atoms with Crippen LogP contribution in [0.1, 0.15) is 43.9 Å². The van der Waals surface area contributed by atoms with Gasteiger partial charge in [0.25, 0.3) is 0 Å². The van der Waals surface area contributed by atoms with Crippen LogP contribution in [-0.4, -0.2) is 67.7 Å². The average Bonchev–Trinajstić information content (AvgIpc) is 3.13. The summed E-state index contributed by atoms with van der Waals surface area (Å²) in [6.45, 7) is 4.80. The number of hydrogen-bond acceptors (Lipinski definition) is 6. The van der Waals surface area contributed by atoms with Crippen LogP contribution in [0.3, 0.4) is 0 Å². The Kier molecular flexibility index (Phi) is 5.96. The van der Waals surface area contributed by atoms with Crippen LogP contribution in [0, 0.1) is 0 Å². The molecule has 0 unspecified atom stereocenters. The summed E-state index contributed by atoms with van der Waals surface area (Å²) in [7, 11) is 6.01. The van der Waals surface area contributed by atoms with E-state index in [2.05, 4.69) is 11.9 Å². The molecule has 1 atom stereocenters. The summed E-state index contributed by atoms with van der Waals surface area (Å²) in [4.78, 5) is 27.3. The van der Waals surface area contributed by atoms with Gasteiger partial charge in [-0.3, -0.25) is 4.79 Å². The fourth-order valence-corrected chi connectivity index (χ4v) is 3.72. The first-order valence-electron chi connectivity index (χ1n) is 9.61. The van der Waals surface area contributed by atoms with Crippen molar-refractivity contribution in [3.63, 3.8) is 0 Å². The van der Waals surface area contributed by atoms with E-state index in [-0.39, 0.29) is 5.91 Å². The Morgan fingerprint density at radius 3 is 2.77 bits per heavy atom. The lowest BCUT2D eigenvalue weighted by molar-refractivity contribution is -0.129. The minimum Gasteiger partial charge on any atom is -0.378 e. The summed E-state index contributed by atoms with van der Waals surface area (Å²) < 4.78 is 5.73. The third kappa shape index (κ3) is 4.26. The summed E-state index contributed by atoms with van der Waals surface area (Å²) in [6.07, 6.45) is 5.84. The Morgan fingerprint density at radius 1 is 1.31 bits per heavy atom. The molecule has 26 heavy (non-hydrogen) atoms. The third-order valence-electron chi connectivity index (χ3n) is 5.28. The van der Waals surface area contributed by atoms with Gasteiger partial charge in [0.1, 0.15) is 5.82 Å². The van der Waals surface area contributed by atoms with Gasteiger partial charge in [0.05, 0.1) is 18.3 Å². The van der Waals surface area contributed by atoms with Gasteiger partial charge in [0.2, 0.25) is 11.9 Å². The quantitative estimate of drug-likeness (QED) is 0.771. The van der Waals surface area contributed by atoms with Gasteiger partial charge in [-0.25, -0.2) is 4.98 Å². The van der Waals surface area contributed by atoms with E-state index in [4.69, 9.17) is 14.7 Å². The number of anilines is 2. The molecule has 0 N–H and O–H groups in total. The van der Waals surface area contributed by atoms with E-state index in [1.807, 2.05) is 23.9 Å². The molecular weight excluding hydrogens is 330 g/mol. The van der Waals surface area contributed by atoms with Crippen LogP contribution in [0.4, 0.5) is 11.8 Å². The van der Waals surface area contributed by atoms with E-state index < -0.39 is 0 Å². The van der Waals surface area contributed by atoms with Gasteiger partial charge in [-0.2, -0.15) is 4.98 Å². The second-order valence-electron chi connectivity index (χ2n) is 7.56. The van der Waals surface area contributed by atoms with Crippen molar-refractivity contribution in [2.75, 3.05) is 50.6 Å². The first kappa shape index (κ1) is 18.9. The maximum Gasteiger partial charge on any atom is 0.227 e. The maximum atomic E-state index is 11.8. The molecule has 7 nitrogen and oxygen atoms in total. The topological polar surface area (TPSA) is 61.8 Å². The summed E-state index contributed by atoms with van der Waals surface area (Å²) in [6, 6.07) is 0. The highest BCUT2D eigenvalue weighted by atomic mass is 16.5. The molecule has 144 valence electrons. The lowest BCUT2D eigenvalue weighted by atomic mass is 10.0. The van der Waals surface area contributed by atoms with Crippen LogP contribution < -0.4 is 9.80 Å². The molecule has 7 heteroatoms. The molecule has 1 aromatic rings. The highest BCUT2D eigenvalue weighted by molar-refractivity contribution is 5.73. The fourth-order valence-electron chi connectivity index (χ4n) is 3.72. The van der Waals surface area contributed by atoms with E-state index in [0.717, 1.165) is 50.5 Å². The third-order valence-corrected chi connectivity index (χ3v) is 5.28. The molecule has 1 aromatic heterocycles. The maximum absolute atomic E-state index is 11.8.